The van der Waals surface area contributed by atoms with E-state index in [2.05, 4.69) is 22.0 Å². The van der Waals surface area contributed by atoms with Crippen molar-refractivity contribution in [1.29, 1.82) is 5.26 Å². The van der Waals surface area contributed by atoms with Crippen molar-refractivity contribution in [3.8, 4) is 6.07 Å². The Kier molecular flexibility index (Phi) is 3.87. The van der Waals surface area contributed by atoms with E-state index >= 15 is 0 Å². The van der Waals surface area contributed by atoms with Crippen molar-refractivity contribution < 1.29 is 9.90 Å². The third-order valence-corrected chi connectivity index (χ3v) is 3.63. The normalized spacial score (nSPS) is 14.0. The highest BCUT2D eigenvalue weighted by atomic mass is 79.9. The molecule has 1 fully saturated rings. The van der Waals surface area contributed by atoms with Crippen LogP contribution in [0.2, 0.25) is 0 Å². The average Bonchev–Trinajstić information content (AvgIpc) is 3.13. The van der Waals surface area contributed by atoms with Crippen LogP contribution in [-0.4, -0.2) is 23.7 Å². The van der Waals surface area contributed by atoms with Crippen LogP contribution in [0.4, 0.5) is 5.69 Å². The molecule has 1 saturated carbocycles. The second-order valence-electron chi connectivity index (χ2n) is 4.31. The highest BCUT2D eigenvalue weighted by Crippen LogP contribution is 2.35. The van der Waals surface area contributed by atoms with Gasteiger partial charge in [0.25, 0.3) is 0 Å². The maximum atomic E-state index is 10.7. The molecular formula is C13H13BrN2O2. The molecule has 2 rings (SSSR count). The van der Waals surface area contributed by atoms with Crippen LogP contribution in [0, 0.1) is 11.3 Å². The lowest BCUT2D eigenvalue weighted by Crippen LogP contribution is -2.29. The number of hydrogen-bond donors (Lipinski definition) is 1. The molecule has 5 heteroatoms. The van der Waals surface area contributed by atoms with E-state index < -0.39 is 5.97 Å². The molecular weight excluding hydrogens is 296 g/mol. The molecule has 0 bridgehead atoms. The highest BCUT2D eigenvalue weighted by Gasteiger charge is 2.31. The van der Waals surface area contributed by atoms with E-state index in [1.54, 1.807) is 0 Å². The van der Waals surface area contributed by atoms with Gasteiger partial charge in [-0.2, -0.15) is 5.26 Å². The summed E-state index contributed by atoms with van der Waals surface area (Å²) >= 11 is 3.36. The van der Waals surface area contributed by atoms with Crippen molar-refractivity contribution in [2.75, 3.05) is 11.4 Å². The quantitative estimate of drug-likeness (QED) is 0.908. The van der Waals surface area contributed by atoms with E-state index in [4.69, 9.17) is 5.11 Å². The lowest BCUT2D eigenvalue weighted by molar-refractivity contribution is -0.136. The molecule has 0 aliphatic heterocycles. The Morgan fingerprint density at radius 1 is 1.56 bits per heavy atom. The molecule has 1 aromatic rings. The minimum atomic E-state index is -0.811. The van der Waals surface area contributed by atoms with Gasteiger partial charge in [0.05, 0.1) is 17.7 Å². The van der Waals surface area contributed by atoms with Crippen molar-refractivity contribution in [3.05, 3.63) is 28.2 Å². The largest absolute Gasteiger partial charge is 0.481 e. The second kappa shape index (κ2) is 5.40. The van der Waals surface area contributed by atoms with Gasteiger partial charge in [0.1, 0.15) is 6.07 Å². The maximum absolute atomic E-state index is 10.7. The molecule has 94 valence electrons. The first kappa shape index (κ1) is 12.9. The standard InChI is InChI=1S/C13H13BrN2O2/c14-11-2-1-3-12(10(11)8-15)16(9-4-5-9)7-6-13(17)18/h1-3,9H,4-7H2,(H,17,18). The molecule has 18 heavy (non-hydrogen) atoms. The number of nitrogens with zero attached hydrogens (tertiary/aromatic N) is 2. The molecule has 0 radical (unpaired) electrons. The summed E-state index contributed by atoms with van der Waals surface area (Å²) in [5, 5.41) is 18.0. The summed E-state index contributed by atoms with van der Waals surface area (Å²) in [6.45, 7) is 0.450. The zero-order valence-electron chi connectivity index (χ0n) is 9.77. The molecule has 4 nitrogen and oxygen atoms in total. The number of benzene rings is 1. The summed E-state index contributed by atoms with van der Waals surface area (Å²) < 4.78 is 0.753. The van der Waals surface area contributed by atoms with E-state index in [-0.39, 0.29) is 6.42 Å². The molecule has 0 aromatic heterocycles. The van der Waals surface area contributed by atoms with Crippen molar-refractivity contribution in [2.24, 2.45) is 0 Å². The third kappa shape index (κ3) is 2.82. The average molecular weight is 309 g/mol. The van der Waals surface area contributed by atoms with E-state index in [0.717, 1.165) is 23.0 Å². The summed E-state index contributed by atoms with van der Waals surface area (Å²) in [4.78, 5) is 12.7. The predicted molar refractivity (Wildman–Crippen MR) is 71.5 cm³/mol. The van der Waals surface area contributed by atoms with Gasteiger partial charge < -0.3 is 10.0 Å². The van der Waals surface area contributed by atoms with Gasteiger partial charge in [0.2, 0.25) is 0 Å². The summed E-state index contributed by atoms with van der Waals surface area (Å²) in [5.74, 6) is -0.811. The molecule has 0 atom stereocenters. The third-order valence-electron chi connectivity index (χ3n) is 2.97. The Bertz CT molecular complexity index is 506. The van der Waals surface area contributed by atoms with Crippen LogP contribution in [0.1, 0.15) is 24.8 Å². The van der Waals surface area contributed by atoms with Crippen LogP contribution in [-0.2, 0) is 4.79 Å². The Balaban J connectivity index is 2.28. The van der Waals surface area contributed by atoms with Crippen molar-refractivity contribution in [2.45, 2.75) is 25.3 Å². The Morgan fingerprint density at radius 2 is 2.28 bits per heavy atom. The predicted octanol–water partition coefficient (Wildman–Crippen LogP) is 2.76. The van der Waals surface area contributed by atoms with Gasteiger partial charge in [0.15, 0.2) is 0 Å². The monoisotopic (exact) mass is 308 g/mol. The van der Waals surface area contributed by atoms with E-state index in [0.29, 0.717) is 18.2 Å². The Labute approximate surface area is 114 Å². The maximum Gasteiger partial charge on any atom is 0.305 e. The van der Waals surface area contributed by atoms with Gasteiger partial charge in [0, 0.05) is 17.1 Å². The van der Waals surface area contributed by atoms with Crippen molar-refractivity contribution in [1.82, 2.24) is 0 Å². The fourth-order valence-electron chi connectivity index (χ4n) is 1.96. The number of anilines is 1. The number of carbonyl (C=O) groups is 1. The van der Waals surface area contributed by atoms with E-state index in [1.165, 1.54) is 0 Å². The summed E-state index contributed by atoms with van der Waals surface area (Å²) in [5.41, 5.74) is 1.41. The lowest BCUT2D eigenvalue weighted by atomic mass is 10.1. The van der Waals surface area contributed by atoms with Crippen LogP contribution < -0.4 is 4.90 Å². The van der Waals surface area contributed by atoms with Crippen LogP contribution in [0.15, 0.2) is 22.7 Å². The van der Waals surface area contributed by atoms with Gasteiger partial charge in [-0.25, -0.2) is 0 Å². The minimum Gasteiger partial charge on any atom is -0.481 e. The minimum absolute atomic E-state index is 0.0912. The number of carboxylic acids is 1. The molecule has 0 spiro atoms. The van der Waals surface area contributed by atoms with Crippen molar-refractivity contribution in [3.63, 3.8) is 0 Å². The fraction of sp³-hybridized carbons (Fsp3) is 0.385. The first-order chi connectivity index (χ1) is 8.63. The number of rotatable bonds is 5. The first-order valence-electron chi connectivity index (χ1n) is 5.80. The fourth-order valence-corrected chi connectivity index (χ4v) is 2.41. The zero-order chi connectivity index (χ0) is 13.1. The van der Waals surface area contributed by atoms with Gasteiger partial charge in [-0.15, -0.1) is 0 Å². The molecule has 0 saturated heterocycles. The van der Waals surface area contributed by atoms with Crippen molar-refractivity contribution >= 4 is 27.6 Å². The molecule has 1 aliphatic rings. The van der Waals surface area contributed by atoms with Crippen LogP contribution in [0.5, 0.6) is 0 Å². The summed E-state index contributed by atoms with van der Waals surface area (Å²) in [6, 6.07) is 8.13. The molecule has 0 amide bonds. The van der Waals surface area contributed by atoms with Gasteiger partial charge in [-0.05, 0) is 40.9 Å². The second-order valence-corrected chi connectivity index (χ2v) is 5.17. The molecule has 1 aromatic carbocycles. The van der Waals surface area contributed by atoms with Gasteiger partial charge >= 0.3 is 5.97 Å². The number of hydrogen-bond acceptors (Lipinski definition) is 3. The van der Waals surface area contributed by atoms with Crippen LogP contribution in [0.3, 0.4) is 0 Å². The molecule has 1 aliphatic carbocycles. The van der Waals surface area contributed by atoms with E-state index in [9.17, 15) is 10.1 Å². The van der Waals surface area contributed by atoms with Gasteiger partial charge in [-0.1, -0.05) is 6.07 Å². The smallest absolute Gasteiger partial charge is 0.305 e. The number of aliphatic carboxylic acids is 1. The zero-order valence-corrected chi connectivity index (χ0v) is 11.4. The number of nitriles is 1. The topological polar surface area (TPSA) is 64.3 Å². The number of carboxylic acid groups (broad SMARTS) is 1. The highest BCUT2D eigenvalue weighted by molar-refractivity contribution is 9.10. The number of halogens is 1. The Morgan fingerprint density at radius 3 is 2.83 bits per heavy atom. The Hall–Kier alpha value is -1.54. The summed E-state index contributed by atoms with van der Waals surface area (Å²) in [7, 11) is 0. The van der Waals surface area contributed by atoms with Gasteiger partial charge in [-0.3, -0.25) is 4.79 Å². The SMILES string of the molecule is N#Cc1c(Br)cccc1N(CCC(=O)O)C1CC1. The summed E-state index contributed by atoms with van der Waals surface area (Å²) in [6.07, 6.45) is 2.22. The first-order valence-corrected chi connectivity index (χ1v) is 6.60. The van der Waals surface area contributed by atoms with E-state index in [1.807, 2.05) is 23.1 Å². The van der Waals surface area contributed by atoms with Crippen LogP contribution >= 0.6 is 15.9 Å². The van der Waals surface area contributed by atoms with Crippen LogP contribution in [0.25, 0.3) is 0 Å². The molecule has 0 unspecified atom stereocenters. The lowest BCUT2D eigenvalue weighted by Gasteiger charge is -2.25. The molecule has 0 heterocycles. The molecule has 1 N–H and O–H groups in total.